The van der Waals surface area contributed by atoms with Gasteiger partial charge in [-0.05, 0) is 23.8 Å². The molecule has 0 bridgehead atoms. The molecule has 98 valence electrons. The lowest BCUT2D eigenvalue weighted by molar-refractivity contribution is 0.476. The van der Waals surface area contributed by atoms with E-state index in [1.807, 2.05) is 28.8 Å². The van der Waals surface area contributed by atoms with Crippen molar-refractivity contribution in [1.82, 2.24) is 4.57 Å². The van der Waals surface area contributed by atoms with Gasteiger partial charge in [0.15, 0.2) is 0 Å². The number of phenolic OH excluding ortho intramolecular Hbond substituents is 1. The summed E-state index contributed by atoms with van der Waals surface area (Å²) in [7, 11) is 0. The average Bonchev–Trinajstić information content (AvgIpc) is 2.80. The minimum Gasteiger partial charge on any atom is -0.508 e. The van der Waals surface area contributed by atoms with E-state index in [1.54, 1.807) is 24.4 Å². The molecule has 1 heterocycles. The number of aromatic nitrogens is 1. The van der Waals surface area contributed by atoms with Crippen LogP contribution in [0.4, 0.5) is 0 Å². The molecule has 0 aliphatic rings. The van der Waals surface area contributed by atoms with E-state index in [2.05, 4.69) is 19.7 Å². The van der Waals surface area contributed by atoms with Gasteiger partial charge in [-0.2, -0.15) is 0 Å². The Bertz CT molecular complexity index is 868. The highest BCUT2D eigenvalue weighted by Gasteiger charge is 2.14. The minimum absolute atomic E-state index is 0.231. The Morgan fingerprint density at radius 2 is 1.75 bits per heavy atom. The van der Waals surface area contributed by atoms with E-state index in [4.69, 9.17) is 0 Å². The molecule has 0 atom stereocenters. The molecular formula is C18H15NO. The van der Waals surface area contributed by atoms with Crippen molar-refractivity contribution in [2.75, 3.05) is 0 Å². The Morgan fingerprint density at radius 1 is 1.00 bits per heavy atom. The summed E-state index contributed by atoms with van der Waals surface area (Å²) in [5, 5.41) is 12.0. The summed E-state index contributed by atoms with van der Waals surface area (Å²) in [5.41, 5.74) is 3.96. The normalized spacial score (nSPS) is 10.8. The molecule has 3 aromatic rings. The van der Waals surface area contributed by atoms with Gasteiger partial charge in [0.1, 0.15) is 5.75 Å². The van der Waals surface area contributed by atoms with Crippen LogP contribution in [-0.2, 0) is 0 Å². The predicted molar refractivity (Wildman–Crippen MR) is 87.7 cm³/mol. The highest BCUT2D eigenvalue weighted by molar-refractivity contribution is 6.15. The molecule has 0 saturated heterocycles. The van der Waals surface area contributed by atoms with Gasteiger partial charge in [0.25, 0.3) is 0 Å². The van der Waals surface area contributed by atoms with Crippen LogP contribution in [-0.4, -0.2) is 9.67 Å². The van der Waals surface area contributed by atoms with Crippen molar-refractivity contribution in [3.8, 4) is 5.75 Å². The Hall–Kier alpha value is -2.74. The van der Waals surface area contributed by atoms with Gasteiger partial charge < -0.3 is 9.67 Å². The first kappa shape index (κ1) is 12.3. The van der Waals surface area contributed by atoms with E-state index in [0.717, 1.165) is 32.9 Å². The second kappa shape index (κ2) is 4.42. The maximum atomic E-state index is 9.94. The fraction of sp³-hybridized carbons (Fsp3) is 0. The molecular weight excluding hydrogens is 246 g/mol. The topological polar surface area (TPSA) is 25.2 Å². The molecule has 0 radical (unpaired) electrons. The van der Waals surface area contributed by atoms with Crippen molar-refractivity contribution >= 4 is 40.2 Å². The first-order chi connectivity index (χ1) is 9.71. The molecule has 0 spiro atoms. The molecule has 1 N–H and O–H groups in total. The quantitative estimate of drug-likeness (QED) is 0.713. The van der Waals surface area contributed by atoms with Gasteiger partial charge in [-0.25, -0.2) is 0 Å². The molecule has 3 rings (SSSR count). The molecule has 0 amide bonds. The van der Waals surface area contributed by atoms with Crippen molar-refractivity contribution in [2.45, 2.75) is 0 Å². The standard InChI is InChI=1S/C18H15NO/c1-4-12-8-7-9-16-17(12)15-11-14(20)10-13(5-2)18(15)19(16)6-3/h4-11,20H,1-3H2. The third-order valence-corrected chi connectivity index (χ3v) is 3.59. The van der Waals surface area contributed by atoms with Crippen LogP contribution >= 0.6 is 0 Å². The van der Waals surface area contributed by atoms with Crippen LogP contribution in [0.5, 0.6) is 5.75 Å². The monoisotopic (exact) mass is 261 g/mol. The lowest BCUT2D eigenvalue weighted by Gasteiger charge is -2.03. The smallest absolute Gasteiger partial charge is 0.116 e. The molecule has 0 aliphatic carbocycles. The van der Waals surface area contributed by atoms with E-state index in [0.29, 0.717) is 0 Å². The molecule has 0 aliphatic heterocycles. The molecule has 2 aromatic carbocycles. The van der Waals surface area contributed by atoms with Crippen molar-refractivity contribution in [2.24, 2.45) is 0 Å². The summed E-state index contributed by atoms with van der Waals surface area (Å²) < 4.78 is 2.02. The molecule has 2 heteroatoms. The lowest BCUT2D eigenvalue weighted by atomic mass is 10.0. The third-order valence-electron chi connectivity index (χ3n) is 3.59. The van der Waals surface area contributed by atoms with Crippen molar-refractivity contribution in [3.63, 3.8) is 0 Å². The SMILES string of the molecule is C=Cc1cccc2c1c1cc(O)cc(C=C)c1n2C=C. The average molecular weight is 261 g/mol. The summed E-state index contributed by atoms with van der Waals surface area (Å²) in [6.45, 7) is 11.6. The van der Waals surface area contributed by atoms with Gasteiger partial charge in [0, 0.05) is 22.5 Å². The van der Waals surface area contributed by atoms with Gasteiger partial charge in [-0.3, -0.25) is 0 Å². The number of phenols is 1. The first-order valence-corrected chi connectivity index (χ1v) is 6.38. The largest absolute Gasteiger partial charge is 0.508 e. The zero-order valence-corrected chi connectivity index (χ0v) is 11.1. The predicted octanol–water partition coefficient (Wildman–Crippen LogP) is 4.89. The van der Waals surface area contributed by atoms with Crippen LogP contribution in [0.25, 0.3) is 40.2 Å². The van der Waals surface area contributed by atoms with Gasteiger partial charge in [0.2, 0.25) is 0 Å². The number of aromatic hydroxyl groups is 1. The molecule has 2 nitrogen and oxygen atoms in total. The maximum absolute atomic E-state index is 9.94. The van der Waals surface area contributed by atoms with Gasteiger partial charge in [-0.1, -0.05) is 44.0 Å². The highest BCUT2D eigenvalue weighted by atomic mass is 16.3. The Kier molecular flexibility index (Phi) is 2.72. The fourth-order valence-corrected chi connectivity index (χ4v) is 2.79. The Labute approximate surface area is 117 Å². The summed E-state index contributed by atoms with van der Waals surface area (Å²) in [6, 6.07) is 9.53. The lowest BCUT2D eigenvalue weighted by Crippen LogP contribution is -1.87. The van der Waals surface area contributed by atoms with Gasteiger partial charge in [-0.15, -0.1) is 0 Å². The highest BCUT2D eigenvalue weighted by Crippen LogP contribution is 2.36. The molecule has 0 saturated carbocycles. The molecule has 1 aromatic heterocycles. The number of hydrogen-bond acceptors (Lipinski definition) is 1. The summed E-state index contributed by atoms with van der Waals surface area (Å²) >= 11 is 0. The number of rotatable bonds is 3. The van der Waals surface area contributed by atoms with E-state index in [1.165, 1.54) is 0 Å². The number of nitrogens with zero attached hydrogens (tertiary/aromatic N) is 1. The van der Waals surface area contributed by atoms with E-state index < -0.39 is 0 Å². The third kappa shape index (κ3) is 1.51. The maximum Gasteiger partial charge on any atom is 0.116 e. The number of fused-ring (bicyclic) bond motifs is 3. The van der Waals surface area contributed by atoms with Gasteiger partial charge in [0.05, 0.1) is 11.0 Å². The van der Waals surface area contributed by atoms with E-state index in [-0.39, 0.29) is 5.75 Å². The molecule has 0 fully saturated rings. The van der Waals surface area contributed by atoms with E-state index >= 15 is 0 Å². The van der Waals surface area contributed by atoms with Gasteiger partial charge >= 0.3 is 0 Å². The van der Waals surface area contributed by atoms with Crippen molar-refractivity contribution in [1.29, 1.82) is 0 Å². The van der Waals surface area contributed by atoms with Crippen LogP contribution < -0.4 is 0 Å². The number of benzene rings is 2. The van der Waals surface area contributed by atoms with Crippen LogP contribution in [0.15, 0.2) is 50.1 Å². The Morgan fingerprint density at radius 3 is 2.40 bits per heavy atom. The van der Waals surface area contributed by atoms with Crippen LogP contribution in [0.1, 0.15) is 11.1 Å². The summed E-state index contributed by atoms with van der Waals surface area (Å²) in [5.74, 6) is 0.231. The first-order valence-electron chi connectivity index (χ1n) is 6.38. The number of hydrogen-bond donors (Lipinski definition) is 1. The van der Waals surface area contributed by atoms with Crippen LogP contribution in [0, 0.1) is 0 Å². The van der Waals surface area contributed by atoms with Crippen molar-refractivity contribution in [3.05, 3.63) is 61.2 Å². The Balaban J connectivity index is 2.71. The fourth-order valence-electron chi connectivity index (χ4n) is 2.79. The van der Waals surface area contributed by atoms with Crippen LogP contribution in [0.2, 0.25) is 0 Å². The van der Waals surface area contributed by atoms with Crippen molar-refractivity contribution < 1.29 is 5.11 Å². The van der Waals surface area contributed by atoms with Crippen LogP contribution in [0.3, 0.4) is 0 Å². The minimum atomic E-state index is 0.231. The summed E-state index contributed by atoms with van der Waals surface area (Å²) in [6.07, 6.45) is 5.35. The molecule has 0 unspecified atom stereocenters. The molecule has 20 heavy (non-hydrogen) atoms. The zero-order chi connectivity index (χ0) is 14.3. The second-order valence-corrected chi connectivity index (χ2v) is 4.63. The van der Waals surface area contributed by atoms with E-state index in [9.17, 15) is 5.11 Å². The second-order valence-electron chi connectivity index (χ2n) is 4.63. The zero-order valence-electron chi connectivity index (χ0n) is 11.1. The summed E-state index contributed by atoms with van der Waals surface area (Å²) in [4.78, 5) is 0.